The van der Waals surface area contributed by atoms with E-state index in [-0.39, 0.29) is 5.91 Å². The molecule has 0 radical (unpaired) electrons. The van der Waals surface area contributed by atoms with Crippen molar-refractivity contribution in [2.45, 2.75) is 12.5 Å². The summed E-state index contributed by atoms with van der Waals surface area (Å²) < 4.78 is 13.1. The Balaban J connectivity index is 1.31. The lowest BCUT2D eigenvalue weighted by molar-refractivity contribution is 0.0708. The van der Waals surface area contributed by atoms with Gasteiger partial charge in [0.05, 0.1) is 53.8 Å². The van der Waals surface area contributed by atoms with Crippen LogP contribution in [0.5, 0.6) is 11.5 Å². The van der Waals surface area contributed by atoms with Crippen LogP contribution in [0.15, 0.2) is 145 Å². The minimum absolute atomic E-state index is 0.258. The maximum absolute atomic E-state index is 15.1. The van der Waals surface area contributed by atoms with Gasteiger partial charge in [-0.25, -0.2) is 14.7 Å². The number of benzene rings is 5. The fourth-order valence-corrected chi connectivity index (χ4v) is 6.65. The Hall–Kier alpha value is -6.25. The number of ether oxygens (including phenoxy) is 2. The van der Waals surface area contributed by atoms with Crippen LogP contribution in [0.3, 0.4) is 0 Å². The Morgan fingerprint density at radius 2 is 1.37 bits per heavy atom. The first-order valence-corrected chi connectivity index (χ1v) is 16.9. The number of para-hydroxylation sites is 2. The molecule has 9 heteroatoms. The van der Waals surface area contributed by atoms with Crippen LogP contribution >= 0.6 is 11.6 Å². The normalized spacial score (nSPS) is 14.1. The minimum Gasteiger partial charge on any atom is -0.493 e. The number of carbonyl (C=O) groups is 1. The largest absolute Gasteiger partial charge is 0.493 e. The molecule has 1 unspecified atom stereocenters. The second-order valence-corrected chi connectivity index (χ2v) is 12.6. The molecule has 0 saturated heterocycles. The molecule has 1 amide bonds. The number of hydrogen-bond acceptors (Lipinski definition) is 6. The summed E-state index contributed by atoms with van der Waals surface area (Å²) in [6.45, 7) is 0. The van der Waals surface area contributed by atoms with E-state index in [1.54, 1.807) is 19.2 Å². The molecule has 0 bridgehead atoms. The highest BCUT2D eigenvalue weighted by molar-refractivity contribution is 6.30. The van der Waals surface area contributed by atoms with Gasteiger partial charge >= 0.3 is 0 Å². The number of hydrazone groups is 1. The summed E-state index contributed by atoms with van der Waals surface area (Å²) in [5.74, 6) is 0.927. The Morgan fingerprint density at radius 3 is 2.12 bits per heavy atom. The molecule has 2 aromatic heterocycles. The number of fused-ring (bicyclic) bond motifs is 1. The molecule has 51 heavy (non-hydrogen) atoms. The maximum atomic E-state index is 15.1. The van der Waals surface area contributed by atoms with Crippen molar-refractivity contribution < 1.29 is 14.3 Å². The Labute approximate surface area is 300 Å². The van der Waals surface area contributed by atoms with Crippen molar-refractivity contribution in [2.24, 2.45) is 5.10 Å². The average molecular weight is 690 g/mol. The van der Waals surface area contributed by atoms with Crippen LogP contribution in [0.4, 0.5) is 0 Å². The molecule has 8 nitrogen and oxygen atoms in total. The summed E-state index contributed by atoms with van der Waals surface area (Å²) in [5.41, 5.74) is 7.71. The maximum Gasteiger partial charge on any atom is 0.275 e. The fourth-order valence-electron chi connectivity index (χ4n) is 6.52. The minimum atomic E-state index is -0.503. The number of nitrogens with zero attached hydrogens (tertiary/aromatic N) is 5. The summed E-state index contributed by atoms with van der Waals surface area (Å²) >= 11 is 6.22. The van der Waals surface area contributed by atoms with E-state index in [0.29, 0.717) is 39.7 Å². The molecule has 0 saturated carbocycles. The molecule has 1 aliphatic rings. The van der Waals surface area contributed by atoms with Gasteiger partial charge in [-0.05, 0) is 60.7 Å². The quantitative estimate of drug-likeness (QED) is 0.159. The third kappa shape index (κ3) is 6.11. The zero-order valence-electron chi connectivity index (χ0n) is 27.9. The highest BCUT2D eigenvalue weighted by Crippen LogP contribution is 2.39. The Morgan fingerprint density at radius 1 is 0.706 bits per heavy atom. The zero-order valence-corrected chi connectivity index (χ0v) is 28.7. The SMILES string of the molecule is COc1ccc(C2=NN(C(=O)c3cc(-c4ccc(Cl)cc4)nc4ccccc34)C(c3cc(-c4ccccc4)nn3-c3ccccc3)C2)cc1OC. The highest BCUT2D eigenvalue weighted by Gasteiger charge is 2.37. The van der Waals surface area contributed by atoms with Gasteiger partial charge < -0.3 is 9.47 Å². The van der Waals surface area contributed by atoms with Crippen molar-refractivity contribution in [1.29, 1.82) is 0 Å². The number of amides is 1. The molecule has 1 aliphatic heterocycles. The van der Waals surface area contributed by atoms with E-state index in [4.69, 9.17) is 36.3 Å². The second-order valence-electron chi connectivity index (χ2n) is 12.1. The molecule has 5 aromatic carbocycles. The molecule has 3 heterocycles. The summed E-state index contributed by atoms with van der Waals surface area (Å²) in [4.78, 5) is 20.0. The van der Waals surface area contributed by atoms with Gasteiger partial charge in [-0.2, -0.15) is 10.2 Å². The molecular formula is C42H32ClN5O3. The van der Waals surface area contributed by atoms with Crippen LogP contribution in [0.2, 0.25) is 5.02 Å². The predicted octanol–water partition coefficient (Wildman–Crippen LogP) is 9.42. The Bertz CT molecular complexity index is 2410. The first-order chi connectivity index (χ1) is 25.0. The first-order valence-electron chi connectivity index (χ1n) is 16.5. The van der Waals surface area contributed by atoms with E-state index < -0.39 is 6.04 Å². The molecule has 0 aliphatic carbocycles. The first kappa shape index (κ1) is 32.0. The molecule has 7 aromatic rings. The van der Waals surface area contributed by atoms with Gasteiger partial charge in [-0.1, -0.05) is 90.5 Å². The van der Waals surface area contributed by atoms with E-state index in [0.717, 1.165) is 44.9 Å². The van der Waals surface area contributed by atoms with E-state index in [9.17, 15) is 0 Å². The molecule has 8 rings (SSSR count). The number of methoxy groups -OCH3 is 2. The summed E-state index contributed by atoms with van der Waals surface area (Å²) in [5, 5.41) is 13.1. The highest BCUT2D eigenvalue weighted by atomic mass is 35.5. The molecule has 0 N–H and O–H groups in total. The second kappa shape index (κ2) is 13.6. The molecule has 0 spiro atoms. The predicted molar refractivity (Wildman–Crippen MR) is 201 cm³/mol. The number of pyridine rings is 1. The van der Waals surface area contributed by atoms with Crippen LogP contribution in [0.25, 0.3) is 39.1 Å². The summed E-state index contributed by atoms with van der Waals surface area (Å²) in [7, 11) is 3.21. The molecule has 0 fully saturated rings. The van der Waals surface area contributed by atoms with Crippen LogP contribution < -0.4 is 9.47 Å². The lowest BCUT2D eigenvalue weighted by atomic mass is 9.99. The smallest absolute Gasteiger partial charge is 0.275 e. The average Bonchev–Trinajstić information content (AvgIpc) is 3.84. The van der Waals surface area contributed by atoms with Gasteiger partial charge in [0.15, 0.2) is 11.5 Å². The Kier molecular flexibility index (Phi) is 8.51. The van der Waals surface area contributed by atoms with Gasteiger partial charge in [0.1, 0.15) is 6.04 Å². The van der Waals surface area contributed by atoms with Crippen LogP contribution in [-0.4, -0.2) is 45.6 Å². The monoisotopic (exact) mass is 689 g/mol. The van der Waals surface area contributed by atoms with Gasteiger partial charge in [0.2, 0.25) is 0 Å². The van der Waals surface area contributed by atoms with Gasteiger partial charge in [0, 0.05) is 33.5 Å². The van der Waals surface area contributed by atoms with Crippen molar-refractivity contribution in [2.75, 3.05) is 14.2 Å². The van der Waals surface area contributed by atoms with Gasteiger partial charge in [-0.15, -0.1) is 0 Å². The number of aromatic nitrogens is 3. The van der Waals surface area contributed by atoms with Crippen molar-refractivity contribution in [1.82, 2.24) is 19.8 Å². The van der Waals surface area contributed by atoms with Crippen molar-refractivity contribution in [3.05, 3.63) is 161 Å². The standard InChI is InChI=1S/C42H32ClN5O3/c1-50-40-22-19-29(23-41(40)51-2)37-26-39(38-25-36(27-11-5-3-6-12-27)45-47(38)31-13-7-4-8-14-31)48(46-37)42(49)33-24-35(28-17-20-30(43)21-18-28)44-34-16-10-9-15-32(33)34/h3-25,39H,26H2,1-2H3. The lowest BCUT2D eigenvalue weighted by Crippen LogP contribution is -2.29. The van der Waals surface area contributed by atoms with E-state index in [1.807, 2.05) is 138 Å². The van der Waals surface area contributed by atoms with Crippen LogP contribution in [-0.2, 0) is 0 Å². The summed E-state index contributed by atoms with van der Waals surface area (Å²) in [6.07, 6.45) is 0.432. The van der Waals surface area contributed by atoms with Crippen molar-refractivity contribution in [3.8, 4) is 39.7 Å². The summed E-state index contributed by atoms with van der Waals surface area (Å²) in [6, 6.07) is 44.2. The van der Waals surface area contributed by atoms with Gasteiger partial charge in [0.25, 0.3) is 5.91 Å². The van der Waals surface area contributed by atoms with Crippen molar-refractivity contribution in [3.63, 3.8) is 0 Å². The lowest BCUT2D eigenvalue weighted by Gasteiger charge is -2.23. The third-order valence-corrected chi connectivity index (χ3v) is 9.32. The van der Waals surface area contributed by atoms with Crippen molar-refractivity contribution >= 4 is 34.1 Å². The van der Waals surface area contributed by atoms with E-state index in [1.165, 1.54) is 0 Å². The number of halogens is 1. The third-order valence-electron chi connectivity index (χ3n) is 9.07. The zero-order chi connectivity index (χ0) is 34.9. The van der Waals surface area contributed by atoms with Gasteiger partial charge in [-0.3, -0.25) is 4.79 Å². The molecule has 250 valence electrons. The van der Waals surface area contributed by atoms with Crippen LogP contribution in [0.1, 0.15) is 34.1 Å². The van der Waals surface area contributed by atoms with E-state index in [2.05, 4.69) is 6.07 Å². The topological polar surface area (TPSA) is 81.8 Å². The fraction of sp³-hybridized carbons (Fsp3) is 0.0952. The number of carbonyl (C=O) groups excluding carboxylic acids is 1. The van der Waals surface area contributed by atoms with Crippen LogP contribution in [0, 0.1) is 0 Å². The number of hydrogen-bond donors (Lipinski definition) is 0. The van der Waals surface area contributed by atoms with E-state index >= 15 is 4.79 Å². The molecule has 1 atom stereocenters. The number of rotatable bonds is 8. The molecular weight excluding hydrogens is 658 g/mol.